The summed E-state index contributed by atoms with van der Waals surface area (Å²) >= 11 is 0. The van der Waals surface area contributed by atoms with Crippen LogP contribution in [0.15, 0.2) is 29.2 Å². The predicted octanol–water partition coefficient (Wildman–Crippen LogP) is 4.92. The summed E-state index contributed by atoms with van der Waals surface area (Å²) in [6, 6.07) is -1.16. The van der Waals surface area contributed by atoms with Crippen molar-refractivity contribution in [3.8, 4) is 0 Å². The molecule has 2 amide bonds. The molecule has 1 aliphatic heterocycles. The third kappa shape index (κ3) is 5.74. The smallest absolute Gasteiger partial charge is 0.364 e. The molecule has 39 heavy (non-hydrogen) atoms. The molecule has 2 aliphatic rings. The van der Waals surface area contributed by atoms with Crippen molar-refractivity contribution in [3.63, 3.8) is 0 Å². The Morgan fingerprint density at radius 1 is 1.28 bits per heavy atom. The number of amides is 2. The van der Waals surface area contributed by atoms with Gasteiger partial charge in [-0.3, -0.25) is 4.79 Å². The van der Waals surface area contributed by atoms with E-state index in [4.69, 9.17) is 4.52 Å². The molecule has 5 rings (SSSR count). The van der Waals surface area contributed by atoms with Crippen molar-refractivity contribution in [1.82, 2.24) is 30.0 Å². The lowest BCUT2D eigenvalue weighted by molar-refractivity contribution is -0.149. The Morgan fingerprint density at radius 3 is 2.69 bits per heavy atom. The molecule has 3 aromatic heterocycles. The third-order valence-electron chi connectivity index (χ3n) is 7.55. The van der Waals surface area contributed by atoms with Gasteiger partial charge in [0.15, 0.2) is 11.4 Å². The monoisotopic (exact) mass is 554 g/mol. The molecule has 3 aromatic rings. The van der Waals surface area contributed by atoms with Crippen molar-refractivity contribution in [2.75, 3.05) is 6.54 Å². The van der Waals surface area contributed by atoms with Gasteiger partial charge in [0.05, 0.1) is 35.9 Å². The number of urea groups is 1. The highest BCUT2D eigenvalue weighted by atomic mass is 19.4. The molecule has 0 spiro atoms. The van der Waals surface area contributed by atoms with Gasteiger partial charge in [0.25, 0.3) is 0 Å². The van der Waals surface area contributed by atoms with Crippen LogP contribution in [-0.2, 0) is 13.0 Å². The first-order valence-electron chi connectivity index (χ1n) is 12.7. The highest BCUT2D eigenvalue weighted by Gasteiger charge is 2.47. The van der Waals surface area contributed by atoms with Crippen molar-refractivity contribution in [1.29, 1.82) is 0 Å². The van der Waals surface area contributed by atoms with Crippen molar-refractivity contribution >= 4 is 17.5 Å². The molecule has 2 fully saturated rings. The van der Waals surface area contributed by atoms with Crippen molar-refractivity contribution < 1.29 is 36.1 Å². The summed E-state index contributed by atoms with van der Waals surface area (Å²) in [6.45, 7) is 1.22. The van der Waals surface area contributed by atoms with Crippen molar-refractivity contribution in [3.05, 3.63) is 47.2 Å². The molecule has 2 atom stereocenters. The van der Waals surface area contributed by atoms with Crippen LogP contribution in [0, 0.1) is 5.92 Å². The lowest BCUT2D eigenvalue weighted by Crippen LogP contribution is -2.40. The first-order valence-corrected chi connectivity index (χ1v) is 12.7. The van der Waals surface area contributed by atoms with Gasteiger partial charge in [-0.15, -0.1) is 0 Å². The van der Waals surface area contributed by atoms with E-state index in [1.54, 1.807) is 12.3 Å². The molecule has 9 nitrogen and oxygen atoms in total. The van der Waals surface area contributed by atoms with Gasteiger partial charge in [-0.1, -0.05) is 12.1 Å². The number of hydrogen-bond donors (Lipinski definition) is 1. The first-order chi connectivity index (χ1) is 18.4. The lowest BCUT2D eigenvalue weighted by Gasteiger charge is -2.32. The largest absolute Gasteiger partial charge is 0.410 e. The Hall–Kier alpha value is -3.58. The van der Waals surface area contributed by atoms with E-state index in [1.165, 1.54) is 17.0 Å². The van der Waals surface area contributed by atoms with E-state index in [1.807, 2.05) is 12.2 Å². The Morgan fingerprint density at radius 2 is 2.03 bits per heavy atom. The van der Waals surface area contributed by atoms with Gasteiger partial charge in [-0.05, 0) is 36.8 Å². The van der Waals surface area contributed by atoms with Crippen LogP contribution < -0.4 is 5.32 Å². The van der Waals surface area contributed by atoms with Crippen LogP contribution >= 0.6 is 0 Å². The molecule has 1 N–H and O–H groups in total. The minimum atomic E-state index is -4.55. The van der Waals surface area contributed by atoms with Crippen molar-refractivity contribution in [2.24, 2.45) is 5.92 Å². The highest BCUT2D eigenvalue weighted by molar-refractivity contribution is 5.97. The molecule has 1 saturated heterocycles. The Labute approximate surface area is 219 Å². The van der Waals surface area contributed by atoms with Gasteiger partial charge in [0.2, 0.25) is 5.92 Å². The quantitative estimate of drug-likeness (QED) is 0.313. The number of alkyl halides is 5. The second kappa shape index (κ2) is 10.2. The topological polar surface area (TPSA) is 106 Å². The molecule has 14 heteroatoms. The van der Waals surface area contributed by atoms with E-state index in [0.29, 0.717) is 34.6 Å². The minimum Gasteiger partial charge on any atom is -0.364 e. The summed E-state index contributed by atoms with van der Waals surface area (Å²) in [5.74, 6) is -3.64. The Balaban J connectivity index is 1.39. The van der Waals surface area contributed by atoms with Gasteiger partial charge < -0.3 is 14.7 Å². The summed E-state index contributed by atoms with van der Waals surface area (Å²) in [4.78, 5) is 30.9. The molecule has 0 bridgehead atoms. The van der Waals surface area contributed by atoms with Gasteiger partial charge in [-0.2, -0.15) is 18.3 Å². The maximum atomic E-state index is 13.9. The number of Topliss-reactive ketones (excluding diaryl/α,β-unsaturated/α-hetero) is 1. The molecule has 1 saturated carbocycles. The fraction of sp³-hybridized carbons (Fsp3) is 0.560. The number of fused-ring (bicyclic) bond motifs is 1. The number of aryl methyl sites for hydroxylation is 1. The average Bonchev–Trinajstić information content (AvgIpc) is 3.60. The number of halogens is 5. The average molecular weight is 555 g/mol. The first kappa shape index (κ1) is 27.0. The second-order valence-electron chi connectivity index (χ2n) is 10.2. The van der Waals surface area contributed by atoms with Gasteiger partial charge in [0.1, 0.15) is 12.3 Å². The summed E-state index contributed by atoms with van der Waals surface area (Å²) < 4.78 is 73.3. The van der Waals surface area contributed by atoms with Crippen LogP contribution in [0.2, 0.25) is 0 Å². The number of hydrogen-bond acceptors (Lipinski definition) is 6. The van der Waals surface area contributed by atoms with Gasteiger partial charge >= 0.3 is 12.2 Å². The van der Waals surface area contributed by atoms with Crippen LogP contribution in [0.25, 0.3) is 5.65 Å². The van der Waals surface area contributed by atoms with E-state index < -0.39 is 36.6 Å². The van der Waals surface area contributed by atoms with Gasteiger partial charge in [-0.25, -0.2) is 23.1 Å². The van der Waals surface area contributed by atoms with Crippen LogP contribution in [0.3, 0.4) is 0 Å². The molecular weight excluding hydrogens is 527 g/mol. The minimum absolute atomic E-state index is 0.0218. The van der Waals surface area contributed by atoms with E-state index in [0.717, 1.165) is 4.90 Å². The van der Waals surface area contributed by atoms with Crippen molar-refractivity contribution in [2.45, 2.75) is 76.1 Å². The molecular formula is C25H27F5N6O3. The normalized spacial score (nSPS) is 20.9. The number of imidazole rings is 1. The molecule has 0 radical (unpaired) electrons. The number of carbonyl (C=O) groups excluding carboxylic acids is 2. The molecule has 210 valence electrons. The Bertz CT molecular complexity index is 1360. The zero-order valence-corrected chi connectivity index (χ0v) is 21.0. The number of nitrogens with zero attached hydrogens (tertiary/aromatic N) is 5. The predicted molar refractivity (Wildman–Crippen MR) is 126 cm³/mol. The number of ketones is 1. The van der Waals surface area contributed by atoms with Crippen LogP contribution in [0.1, 0.15) is 72.3 Å². The maximum Gasteiger partial charge on any atom is 0.410 e. The van der Waals surface area contributed by atoms with E-state index in [2.05, 4.69) is 15.2 Å². The fourth-order valence-electron chi connectivity index (χ4n) is 5.36. The maximum absolute atomic E-state index is 13.9. The van der Waals surface area contributed by atoms with Crippen LogP contribution in [0.4, 0.5) is 26.7 Å². The molecule has 1 aliphatic carbocycles. The Kier molecular flexibility index (Phi) is 7.06. The number of aromatic nitrogens is 4. The fourth-order valence-corrected chi connectivity index (χ4v) is 5.36. The van der Waals surface area contributed by atoms with Crippen LogP contribution in [-0.4, -0.2) is 61.2 Å². The number of rotatable bonds is 8. The van der Waals surface area contributed by atoms with Gasteiger partial charge in [0, 0.05) is 31.7 Å². The third-order valence-corrected chi connectivity index (χ3v) is 7.55. The number of carbonyl (C=O) groups is 2. The summed E-state index contributed by atoms with van der Waals surface area (Å²) in [7, 11) is 0. The molecule has 0 unspecified atom stereocenters. The zero-order chi connectivity index (χ0) is 27.9. The van der Waals surface area contributed by atoms with E-state index in [9.17, 15) is 31.5 Å². The standard InChI is InChI=1S/C25H27F5N6O3/c1-2-18-17(13-39-34-18)20(37)8-16(15-3-5-24(26,27)6-4-15)19-11-36-22(32-19)7-14(9-31-36)10-35-12-21(25(28,29)30)33-23(35)38/h7,9,11,13,15-16,21H,2-6,8,10,12H2,1H3,(H,33,38)/t16-,21-/m0/s1. The van der Waals surface area contributed by atoms with Crippen LogP contribution in [0.5, 0.6) is 0 Å². The molecule has 4 heterocycles. The highest BCUT2D eigenvalue weighted by Crippen LogP contribution is 2.44. The zero-order valence-electron chi connectivity index (χ0n) is 21.0. The van der Waals surface area contributed by atoms with E-state index >= 15 is 0 Å². The number of nitrogens with one attached hydrogen (secondary N) is 1. The summed E-state index contributed by atoms with van der Waals surface area (Å²) in [5, 5.41) is 10.1. The SMILES string of the molecule is CCc1nocc1C(=O)C[C@H](c1cn2ncc(CN3C[C@@H](C(F)(F)F)NC3=O)cc2n1)C1CCC(F)(F)CC1. The second-order valence-corrected chi connectivity index (χ2v) is 10.2. The molecule has 0 aromatic carbocycles. The van der Waals surface area contributed by atoms with E-state index in [-0.39, 0.29) is 50.4 Å². The summed E-state index contributed by atoms with van der Waals surface area (Å²) in [5.41, 5.74) is 2.23. The summed E-state index contributed by atoms with van der Waals surface area (Å²) in [6.07, 6.45) is 0.237. The lowest BCUT2D eigenvalue weighted by atomic mass is 9.75.